The number of benzene rings is 2. The number of nitrogens with two attached hydrogens (primary N) is 5. The van der Waals surface area contributed by atoms with E-state index >= 15 is 0 Å². The molecular weight excluding hydrogens is 1260 g/mol. The van der Waals surface area contributed by atoms with Gasteiger partial charge < -0.3 is 31.3 Å². The van der Waals surface area contributed by atoms with Crippen LogP contribution >= 0.6 is 0 Å². The SMILES string of the molecule is C.C#CC.CC.CC.CC.CC.Cc1cc(C)c(S(=O)(=O)ON)c(C)c1.Cc1cc(C)c(S(=O)(=O)[O-])c(C)c1.Cc1nc2c[c-]ccn2n1.Cc1nc2cc(N)ccn2n1.Nc1c[c-]cc[n+]1N.Nc1c[c-]ccn1.[Y].[Y].[Y]. The molecule has 6 aromatic heterocycles. The summed E-state index contributed by atoms with van der Waals surface area (Å²) in [7, 11) is -8.13. The molecule has 0 aliphatic heterocycles. The van der Waals surface area contributed by atoms with Crippen molar-refractivity contribution in [2.75, 3.05) is 23.0 Å². The van der Waals surface area contributed by atoms with E-state index in [0.29, 0.717) is 39.6 Å². The standard InChI is InChI=1S/C9H13NO3S.C9H12O3S.C7H8N4.C7H6N3.C5H6N3.C5H5N2.C3H4.4C2H6.CH4.3Y/c1-6-4-7(2)9(8(3)5-6)14(11,12)13-10;1-6-4-7(2)9(8(3)5-6)13(10,11)12;1-5-9-7-4-6(8)2-3-11(7)10-5;1-6-8-7-4-2-3-5-10(7)9-6;6-5-3-1-2-4-8(5)7;6-5-3-1-2-4-7-5;1-3-2;4*1-2;;;;/h4-5H,10H2,1-3H3;4-5H,1-3H3,(H,10,11,12);2-4H,8H2,1H3;3-5H,1H3;2-4,6H,7H2;2-4H,(H2,6,7);1H,2H3;4*1-2H3;1H4;;;/q;;;3*-1;;;;;;;;;. The monoisotopic (exact) mass is 1340 g/mol. The fraction of sp³-hybridized carbons (Fsp3) is 0.333. The van der Waals surface area contributed by atoms with E-state index in [4.69, 9.17) is 28.9 Å². The summed E-state index contributed by atoms with van der Waals surface area (Å²) in [6, 6.07) is 29.2. The normalized spacial score (nSPS) is 9.00. The summed E-state index contributed by atoms with van der Waals surface area (Å²) >= 11 is 0. The summed E-state index contributed by atoms with van der Waals surface area (Å²) in [5.74, 6) is 14.8. The minimum atomic E-state index is -4.33. The van der Waals surface area contributed by atoms with Crippen molar-refractivity contribution in [2.24, 2.45) is 5.90 Å². The zero-order valence-electron chi connectivity index (χ0n) is 47.8. The van der Waals surface area contributed by atoms with Crippen molar-refractivity contribution in [1.29, 1.82) is 0 Å². The van der Waals surface area contributed by atoms with E-state index in [9.17, 15) is 21.4 Å². The van der Waals surface area contributed by atoms with Crippen molar-refractivity contribution in [1.82, 2.24) is 34.2 Å². The number of fused-ring (bicyclic) bond motifs is 2. The molecule has 0 unspecified atom stereocenters. The molecule has 0 saturated heterocycles. The number of hydrogen-bond acceptors (Lipinski definition) is 16. The molecule has 8 aromatic rings. The van der Waals surface area contributed by atoms with E-state index in [1.54, 1.807) is 135 Å². The summed E-state index contributed by atoms with van der Waals surface area (Å²) in [5, 5.41) is 8.20. The van der Waals surface area contributed by atoms with Crippen LogP contribution in [0.2, 0.25) is 0 Å². The van der Waals surface area contributed by atoms with Crippen molar-refractivity contribution in [2.45, 2.75) is 135 Å². The van der Waals surface area contributed by atoms with Gasteiger partial charge in [-0.2, -0.15) is 59.1 Å². The summed E-state index contributed by atoms with van der Waals surface area (Å²) < 4.78 is 64.1. The summed E-state index contributed by atoms with van der Waals surface area (Å²) in [5.41, 5.74) is 22.8. The molecule has 0 aliphatic carbocycles. The first kappa shape index (κ1) is 87.7. The number of aryl methyl sites for hydroxylation is 8. The molecule has 24 heteroatoms. The van der Waals surface area contributed by atoms with Crippen LogP contribution < -0.4 is 33.6 Å². The molecule has 3 radical (unpaired) electrons. The Morgan fingerprint density at radius 3 is 1.40 bits per heavy atom. The topological polar surface area (TPSA) is 308 Å². The molecule has 423 valence electrons. The van der Waals surface area contributed by atoms with Gasteiger partial charge in [0.15, 0.2) is 11.5 Å². The van der Waals surface area contributed by atoms with Crippen LogP contribution in [0.1, 0.15) is 115 Å². The zero-order valence-corrected chi connectivity index (χ0v) is 57.9. The maximum Gasteiger partial charge on any atom is 0.313 e. The largest absolute Gasteiger partial charge is 0.744 e. The average molecular weight is 1340 g/mol. The van der Waals surface area contributed by atoms with Gasteiger partial charge in [0.1, 0.15) is 26.7 Å². The number of hydrogen-bond donors (Lipinski definition) is 5. The summed E-state index contributed by atoms with van der Waals surface area (Å²) in [6.07, 6.45) is 11.5. The van der Waals surface area contributed by atoms with Crippen LogP contribution in [0.3, 0.4) is 0 Å². The number of nitrogen functional groups attached to an aromatic ring is 4. The first-order valence-electron chi connectivity index (χ1n) is 23.3. The molecular formula is C54H82N13O6S2Y3-3. The van der Waals surface area contributed by atoms with E-state index in [0.717, 1.165) is 34.1 Å². The summed E-state index contributed by atoms with van der Waals surface area (Å²) in [4.78, 5) is 12.1. The fourth-order valence-electron chi connectivity index (χ4n) is 5.82. The van der Waals surface area contributed by atoms with Gasteiger partial charge in [0.25, 0.3) is 0 Å². The molecule has 78 heavy (non-hydrogen) atoms. The minimum Gasteiger partial charge on any atom is -0.744 e. The second kappa shape index (κ2) is 48.7. The number of rotatable bonds is 3. The van der Waals surface area contributed by atoms with Gasteiger partial charge in [-0.05, 0) is 90.6 Å². The maximum absolute atomic E-state index is 11.4. The van der Waals surface area contributed by atoms with Crippen LogP contribution in [0, 0.1) is 85.9 Å². The van der Waals surface area contributed by atoms with Crippen molar-refractivity contribution in [3.63, 3.8) is 0 Å². The van der Waals surface area contributed by atoms with Gasteiger partial charge in [-0.1, -0.05) is 117 Å². The molecule has 19 nitrogen and oxygen atoms in total. The van der Waals surface area contributed by atoms with E-state index in [1.807, 2.05) is 89.3 Å². The van der Waals surface area contributed by atoms with Crippen molar-refractivity contribution < 1.29 is 128 Å². The van der Waals surface area contributed by atoms with Crippen LogP contribution in [0.25, 0.3) is 11.3 Å². The fourth-order valence-corrected chi connectivity index (χ4v) is 7.73. The molecule has 10 N–H and O–H groups in total. The second-order valence-corrected chi connectivity index (χ2v) is 16.7. The van der Waals surface area contributed by atoms with Crippen LogP contribution in [-0.2, 0) is 123 Å². The number of nitrogens with zero attached hydrogens (tertiary/aromatic N) is 8. The van der Waals surface area contributed by atoms with Crippen molar-refractivity contribution in [3.05, 3.63) is 161 Å². The van der Waals surface area contributed by atoms with E-state index in [-0.39, 0.29) is 115 Å². The number of pyridine rings is 4. The first-order valence-corrected chi connectivity index (χ1v) is 26.1. The smallest absolute Gasteiger partial charge is 0.313 e. The Bertz CT molecular complexity index is 3000. The molecule has 0 spiro atoms. The molecule has 6 heterocycles. The van der Waals surface area contributed by atoms with Gasteiger partial charge >= 0.3 is 10.1 Å². The van der Waals surface area contributed by atoms with Crippen molar-refractivity contribution >= 4 is 48.9 Å². The third-order valence-corrected chi connectivity index (χ3v) is 10.6. The first-order chi connectivity index (χ1) is 34.9. The molecule has 0 atom stereocenters. The van der Waals surface area contributed by atoms with Gasteiger partial charge in [-0.3, -0.25) is 10.8 Å². The molecule has 0 bridgehead atoms. The van der Waals surface area contributed by atoms with Crippen molar-refractivity contribution in [3.8, 4) is 12.3 Å². The Balaban J connectivity index is -0.000000149. The predicted octanol–water partition coefficient (Wildman–Crippen LogP) is 9.07. The van der Waals surface area contributed by atoms with Gasteiger partial charge in [-0.15, -0.1) is 30.5 Å². The minimum absolute atomic E-state index is 0. The number of anilines is 3. The molecule has 0 aliphatic rings. The van der Waals surface area contributed by atoms with Gasteiger partial charge in [0.05, 0.1) is 4.90 Å². The quantitative estimate of drug-likeness (QED) is 0.0275. The molecule has 8 rings (SSSR count). The van der Waals surface area contributed by atoms with E-state index < -0.39 is 20.2 Å². The van der Waals surface area contributed by atoms with Crippen LogP contribution in [-0.4, -0.2) is 55.6 Å². The summed E-state index contributed by atoms with van der Waals surface area (Å²) in [6.45, 7) is 31.8. The Labute approximate surface area is 542 Å². The van der Waals surface area contributed by atoms with E-state index in [2.05, 4.69) is 60.0 Å². The third-order valence-electron chi connectivity index (χ3n) is 8.08. The van der Waals surface area contributed by atoms with Gasteiger partial charge in [0, 0.05) is 134 Å². The third kappa shape index (κ3) is 34.8. The Kier molecular flexibility index (Phi) is 54.8. The van der Waals surface area contributed by atoms with Crippen LogP contribution in [0.15, 0.2) is 107 Å². The maximum atomic E-state index is 11.4. The second-order valence-electron chi connectivity index (χ2n) is 13.9. The Morgan fingerprint density at radius 2 is 1.05 bits per heavy atom. The zero-order chi connectivity index (χ0) is 57.8. The average Bonchev–Trinajstić information content (AvgIpc) is 3.93. The predicted molar refractivity (Wildman–Crippen MR) is 305 cm³/mol. The Morgan fingerprint density at radius 1 is 0.641 bits per heavy atom. The molecule has 2 aromatic carbocycles. The molecule has 0 fully saturated rings. The van der Waals surface area contributed by atoms with E-state index in [1.165, 1.54) is 4.68 Å². The van der Waals surface area contributed by atoms with Crippen LogP contribution in [0.5, 0.6) is 0 Å². The van der Waals surface area contributed by atoms with Gasteiger partial charge in [-0.25, -0.2) is 22.6 Å². The number of terminal acetylenes is 1. The molecule has 0 amide bonds. The number of aromatic nitrogens is 8. The Hall–Kier alpha value is -4.17. The van der Waals surface area contributed by atoms with Gasteiger partial charge in [0.2, 0.25) is 0 Å². The molecule has 0 saturated carbocycles. The van der Waals surface area contributed by atoms with Crippen LogP contribution in [0.4, 0.5) is 17.3 Å².